The molecule has 0 atom stereocenters. The van der Waals surface area contributed by atoms with E-state index in [-0.39, 0.29) is 0 Å². The van der Waals surface area contributed by atoms with E-state index in [9.17, 15) is 0 Å². The van der Waals surface area contributed by atoms with Gasteiger partial charge in [-0.1, -0.05) is 29.8 Å². The maximum atomic E-state index is 5.60. The summed E-state index contributed by atoms with van der Waals surface area (Å²) in [6.07, 6.45) is 0. The molecule has 1 heterocycles. The molecule has 1 aromatic carbocycles. The number of hydrogen-bond donors (Lipinski definition) is 1. The standard InChI is InChI=1S/C13H15N3/c1-9-3-5-11(6-4-9)13-15-10(2)7-12(8-14)16-13/h3-7H,8,14H2,1-2H3. The third-order valence-corrected chi connectivity index (χ3v) is 2.43. The third-order valence-electron chi connectivity index (χ3n) is 2.43. The third kappa shape index (κ3) is 2.25. The second-order valence-corrected chi connectivity index (χ2v) is 3.89. The van der Waals surface area contributed by atoms with E-state index in [1.807, 2.05) is 25.1 Å². The van der Waals surface area contributed by atoms with Gasteiger partial charge in [0.25, 0.3) is 0 Å². The van der Waals surface area contributed by atoms with Crippen molar-refractivity contribution >= 4 is 0 Å². The molecule has 0 saturated carbocycles. The van der Waals surface area contributed by atoms with E-state index in [0.717, 1.165) is 22.8 Å². The molecule has 0 saturated heterocycles. The first-order valence-electron chi connectivity index (χ1n) is 5.30. The SMILES string of the molecule is Cc1ccc(-c2nc(C)cc(CN)n2)cc1. The van der Waals surface area contributed by atoms with Gasteiger partial charge >= 0.3 is 0 Å². The molecule has 2 rings (SSSR count). The maximum Gasteiger partial charge on any atom is 0.159 e. The van der Waals surface area contributed by atoms with Crippen molar-refractivity contribution in [1.29, 1.82) is 0 Å². The molecule has 0 aliphatic carbocycles. The molecule has 0 fully saturated rings. The molecule has 0 bridgehead atoms. The smallest absolute Gasteiger partial charge is 0.159 e. The van der Waals surface area contributed by atoms with E-state index in [2.05, 4.69) is 29.0 Å². The Morgan fingerprint density at radius 2 is 1.75 bits per heavy atom. The Labute approximate surface area is 95.4 Å². The van der Waals surface area contributed by atoms with E-state index in [4.69, 9.17) is 5.73 Å². The number of benzene rings is 1. The predicted molar refractivity (Wildman–Crippen MR) is 64.8 cm³/mol. The van der Waals surface area contributed by atoms with Crippen molar-refractivity contribution < 1.29 is 0 Å². The quantitative estimate of drug-likeness (QED) is 0.832. The zero-order valence-corrected chi connectivity index (χ0v) is 9.57. The molecule has 0 amide bonds. The zero-order chi connectivity index (χ0) is 11.5. The minimum atomic E-state index is 0.447. The van der Waals surface area contributed by atoms with Gasteiger partial charge in [-0.15, -0.1) is 0 Å². The van der Waals surface area contributed by atoms with Crippen LogP contribution in [0.5, 0.6) is 0 Å². The van der Waals surface area contributed by atoms with Crippen molar-refractivity contribution in [2.45, 2.75) is 20.4 Å². The highest BCUT2D eigenvalue weighted by Crippen LogP contribution is 2.16. The molecule has 0 aliphatic heterocycles. The van der Waals surface area contributed by atoms with Gasteiger partial charge < -0.3 is 5.73 Å². The van der Waals surface area contributed by atoms with Crippen LogP contribution in [0.4, 0.5) is 0 Å². The molecule has 0 unspecified atom stereocenters. The summed E-state index contributed by atoms with van der Waals surface area (Å²) in [5.41, 5.74) is 9.69. The van der Waals surface area contributed by atoms with E-state index >= 15 is 0 Å². The molecule has 3 heteroatoms. The van der Waals surface area contributed by atoms with E-state index in [1.54, 1.807) is 0 Å². The monoisotopic (exact) mass is 213 g/mol. The molecule has 2 N–H and O–H groups in total. The minimum Gasteiger partial charge on any atom is -0.325 e. The maximum absolute atomic E-state index is 5.60. The Morgan fingerprint density at radius 1 is 1.06 bits per heavy atom. The summed E-state index contributed by atoms with van der Waals surface area (Å²) in [5, 5.41) is 0. The van der Waals surface area contributed by atoms with Crippen LogP contribution in [0, 0.1) is 13.8 Å². The highest BCUT2D eigenvalue weighted by molar-refractivity contribution is 5.55. The Morgan fingerprint density at radius 3 is 2.38 bits per heavy atom. The number of hydrogen-bond acceptors (Lipinski definition) is 3. The van der Waals surface area contributed by atoms with Gasteiger partial charge in [0.1, 0.15) is 0 Å². The predicted octanol–water partition coefficient (Wildman–Crippen LogP) is 2.22. The van der Waals surface area contributed by atoms with Crippen molar-refractivity contribution in [3.63, 3.8) is 0 Å². The molecule has 1 aromatic heterocycles. The van der Waals surface area contributed by atoms with Crippen LogP contribution >= 0.6 is 0 Å². The molecule has 2 aromatic rings. The lowest BCUT2D eigenvalue weighted by Crippen LogP contribution is -2.03. The van der Waals surface area contributed by atoms with Crippen molar-refractivity contribution in [3.05, 3.63) is 47.3 Å². The summed E-state index contributed by atoms with van der Waals surface area (Å²) < 4.78 is 0. The van der Waals surface area contributed by atoms with Crippen LogP contribution in [0.3, 0.4) is 0 Å². The summed E-state index contributed by atoms with van der Waals surface area (Å²) >= 11 is 0. The molecular formula is C13H15N3. The fourth-order valence-electron chi connectivity index (χ4n) is 1.57. The second kappa shape index (κ2) is 4.41. The van der Waals surface area contributed by atoms with Crippen LogP contribution < -0.4 is 5.73 Å². The Kier molecular flexibility index (Phi) is 2.97. The first-order chi connectivity index (χ1) is 7.69. The Hall–Kier alpha value is -1.74. The first kappa shape index (κ1) is 10.8. The van der Waals surface area contributed by atoms with Crippen molar-refractivity contribution in [3.8, 4) is 11.4 Å². The lowest BCUT2D eigenvalue weighted by molar-refractivity contribution is 0.953. The molecule has 3 nitrogen and oxygen atoms in total. The lowest BCUT2D eigenvalue weighted by Gasteiger charge is -2.04. The van der Waals surface area contributed by atoms with Crippen LogP contribution in [0.1, 0.15) is 17.0 Å². The van der Waals surface area contributed by atoms with Gasteiger partial charge in [0.05, 0.1) is 5.69 Å². The molecule has 16 heavy (non-hydrogen) atoms. The van der Waals surface area contributed by atoms with Crippen LogP contribution in [-0.2, 0) is 6.54 Å². The first-order valence-corrected chi connectivity index (χ1v) is 5.30. The average Bonchev–Trinajstić information content (AvgIpc) is 2.29. The van der Waals surface area contributed by atoms with Gasteiger partial charge in [0.15, 0.2) is 5.82 Å². The summed E-state index contributed by atoms with van der Waals surface area (Å²) in [7, 11) is 0. The van der Waals surface area contributed by atoms with Gasteiger partial charge in [0.2, 0.25) is 0 Å². The summed E-state index contributed by atoms with van der Waals surface area (Å²) in [4.78, 5) is 8.83. The van der Waals surface area contributed by atoms with E-state index in [1.165, 1.54) is 5.56 Å². The Bertz CT molecular complexity index is 489. The van der Waals surface area contributed by atoms with Crippen LogP contribution in [-0.4, -0.2) is 9.97 Å². The van der Waals surface area contributed by atoms with Crippen LogP contribution in [0.15, 0.2) is 30.3 Å². The van der Waals surface area contributed by atoms with Crippen molar-refractivity contribution in [2.24, 2.45) is 5.73 Å². The molecule has 82 valence electrons. The molecule has 0 radical (unpaired) electrons. The summed E-state index contributed by atoms with van der Waals surface area (Å²) in [6.45, 7) is 4.47. The number of aromatic nitrogens is 2. The van der Waals surface area contributed by atoms with E-state index in [0.29, 0.717) is 6.54 Å². The number of rotatable bonds is 2. The Balaban J connectivity index is 2.47. The lowest BCUT2D eigenvalue weighted by atomic mass is 10.1. The van der Waals surface area contributed by atoms with Gasteiger partial charge in [-0.25, -0.2) is 9.97 Å². The number of aryl methyl sites for hydroxylation is 2. The van der Waals surface area contributed by atoms with Gasteiger partial charge in [-0.05, 0) is 19.9 Å². The summed E-state index contributed by atoms with van der Waals surface area (Å²) in [5.74, 6) is 0.750. The van der Waals surface area contributed by atoms with Gasteiger partial charge in [-0.2, -0.15) is 0 Å². The number of nitrogens with zero attached hydrogens (tertiary/aromatic N) is 2. The normalized spacial score (nSPS) is 10.4. The van der Waals surface area contributed by atoms with E-state index < -0.39 is 0 Å². The van der Waals surface area contributed by atoms with Gasteiger partial charge in [0, 0.05) is 17.8 Å². The largest absolute Gasteiger partial charge is 0.325 e. The number of nitrogens with two attached hydrogens (primary N) is 1. The average molecular weight is 213 g/mol. The molecule has 0 spiro atoms. The topological polar surface area (TPSA) is 51.8 Å². The highest BCUT2D eigenvalue weighted by atomic mass is 14.9. The van der Waals surface area contributed by atoms with Crippen LogP contribution in [0.2, 0.25) is 0 Å². The fourth-order valence-corrected chi connectivity index (χ4v) is 1.57. The zero-order valence-electron chi connectivity index (χ0n) is 9.57. The van der Waals surface area contributed by atoms with Crippen molar-refractivity contribution in [1.82, 2.24) is 9.97 Å². The minimum absolute atomic E-state index is 0.447. The second-order valence-electron chi connectivity index (χ2n) is 3.89. The van der Waals surface area contributed by atoms with Crippen LogP contribution in [0.25, 0.3) is 11.4 Å². The highest BCUT2D eigenvalue weighted by Gasteiger charge is 2.03. The molecule has 0 aliphatic rings. The molecular weight excluding hydrogens is 198 g/mol. The van der Waals surface area contributed by atoms with Crippen molar-refractivity contribution in [2.75, 3.05) is 0 Å². The van der Waals surface area contributed by atoms with Gasteiger partial charge in [-0.3, -0.25) is 0 Å². The summed E-state index contributed by atoms with van der Waals surface area (Å²) in [6, 6.07) is 10.1. The fraction of sp³-hybridized carbons (Fsp3) is 0.231.